The Morgan fingerprint density at radius 1 is 0.647 bits per heavy atom. The lowest BCUT2D eigenvalue weighted by atomic mass is 10.1. The van der Waals surface area contributed by atoms with Crippen LogP contribution in [0, 0.1) is 0 Å². The Balaban J connectivity index is 3.66. The molecule has 0 aromatic rings. The zero-order valence-corrected chi connectivity index (χ0v) is 23.2. The number of carbonyl (C=O) groups is 2. The smallest absolute Gasteiger partial charge is 0.305 e. The van der Waals surface area contributed by atoms with Gasteiger partial charge in [0.25, 0.3) is 0 Å². The highest BCUT2D eigenvalue weighted by molar-refractivity contribution is 5.69. The third kappa shape index (κ3) is 25.7. The number of likely N-dealkylation sites (N-methyl/N-ethyl adjacent to an activating group) is 1. The van der Waals surface area contributed by atoms with Crippen molar-refractivity contribution in [2.45, 2.75) is 129 Å². The molecule has 34 heavy (non-hydrogen) atoms. The molecule has 5 heteroatoms. The van der Waals surface area contributed by atoms with E-state index in [4.69, 9.17) is 4.74 Å². The van der Waals surface area contributed by atoms with Crippen molar-refractivity contribution >= 4 is 12.3 Å². The number of unbranched alkanes of at least 4 members (excludes halogenated alkanes) is 15. The highest BCUT2D eigenvalue weighted by Crippen LogP contribution is 2.10. The summed E-state index contributed by atoms with van der Waals surface area (Å²) < 4.78 is 5.38. The van der Waals surface area contributed by atoms with E-state index in [9.17, 15) is 9.59 Å². The molecule has 0 aliphatic carbocycles. The molecule has 0 aliphatic heterocycles. The summed E-state index contributed by atoms with van der Waals surface area (Å²) in [6.45, 7) is 7.47. The number of nitrogens with zero attached hydrogens (tertiary/aromatic N) is 2. The Labute approximate surface area is 212 Å². The minimum absolute atomic E-state index is 0.00741. The predicted molar refractivity (Wildman–Crippen MR) is 145 cm³/mol. The normalized spacial score (nSPS) is 11.4. The number of hydrogen-bond donors (Lipinski definition) is 0. The number of carbonyl (C=O) groups excluding carboxylic acids is 2. The summed E-state index contributed by atoms with van der Waals surface area (Å²) in [6.07, 6.45) is 22.9. The van der Waals surface area contributed by atoms with Gasteiger partial charge in [0.05, 0.1) is 6.61 Å². The van der Waals surface area contributed by atoms with E-state index in [1.165, 1.54) is 96.6 Å². The van der Waals surface area contributed by atoms with Crippen LogP contribution in [0.5, 0.6) is 0 Å². The third-order valence-corrected chi connectivity index (χ3v) is 6.53. The summed E-state index contributed by atoms with van der Waals surface area (Å²) in [4.78, 5) is 27.1. The second-order valence-corrected chi connectivity index (χ2v) is 10.2. The molecule has 0 fully saturated rings. The van der Waals surface area contributed by atoms with Crippen molar-refractivity contribution in [2.24, 2.45) is 0 Å². The van der Waals surface area contributed by atoms with Crippen LogP contribution in [0.4, 0.5) is 0 Å². The zero-order chi connectivity index (χ0) is 25.1. The van der Waals surface area contributed by atoms with Crippen molar-refractivity contribution < 1.29 is 14.3 Å². The molecule has 0 bridgehead atoms. The highest BCUT2D eigenvalue weighted by atomic mass is 16.5. The van der Waals surface area contributed by atoms with Gasteiger partial charge >= 0.3 is 5.97 Å². The van der Waals surface area contributed by atoms with Gasteiger partial charge in [-0.25, -0.2) is 0 Å². The first-order valence-electron chi connectivity index (χ1n) is 14.6. The van der Waals surface area contributed by atoms with Crippen molar-refractivity contribution in [1.82, 2.24) is 9.80 Å². The van der Waals surface area contributed by atoms with E-state index in [1.807, 2.05) is 0 Å². The van der Waals surface area contributed by atoms with Crippen LogP contribution in [-0.2, 0) is 14.3 Å². The fraction of sp³-hybridized carbons (Fsp3) is 0.931. The summed E-state index contributed by atoms with van der Waals surface area (Å²) >= 11 is 0. The Hall–Kier alpha value is -0.940. The van der Waals surface area contributed by atoms with Gasteiger partial charge in [-0.1, -0.05) is 84.0 Å². The SMILES string of the molecule is CCCCCCCCCOC(=O)CCCCCCCN(CCCCCCCC=O)CCN(C)C. The van der Waals surface area contributed by atoms with Gasteiger partial charge in [-0.2, -0.15) is 0 Å². The fourth-order valence-corrected chi connectivity index (χ4v) is 4.22. The molecule has 0 atom stereocenters. The molecular formula is C29H58N2O3. The third-order valence-electron chi connectivity index (χ3n) is 6.53. The first-order valence-corrected chi connectivity index (χ1v) is 14.6. The van der Waals surface area contributed by atoms with Crippen LogP contribution in [0.2, 0.25) is 0 Å². The molecule has 0 aromatic heterocycles. The fourth-order valence-electron chi connectivity index (χ4n) is 4.22. The summed E-state index contributed by atoms with van der Waals surface area (Å²) in [6, 6.07) is 0. The van der Waals surface area contributed by atoms with Crippen molar-refractivity contribution in [3.63, 3.8) is 0 Å². The lowest BCUT2D eigenvalue weighted by Crippen LogP contribution is -2.33. The van der Waals surface area contributed by atoms with E-state index in [0.717, 1.165) is 51.5 Å². The molecule has 0 aliphatic rings. The highest BCUT2D eigenvalue weighted by Gasteiger charge is 2.06. The van der Waals surface area contributed by atoms with Crippen molar-refractivity contribution in [1.29, 1.82) is 0 Å². The Morgan fingerprint density at radius 2 is 1.18 bits per heavy atom. The molecule has 0 saturated carbocycles. The average Bonchev–Trinajstić information content (AvgIpc) is 2.82. The summed E-state index contributed by atoms with van der Waals surface area (Å²) in [5, 5.41) is 0. The van der Waals surface area contributed by atoms with Gasteiger partial charge in [0.1, 0.15) is 6.29 Å². The van der Waals surface area contributed by atoms with Crippen LogP contribution in [0.3, 0.4) is 0 Å². The van der Waals surface area contributed by atoms with Crippen molar-refractivity contribution in [3.05, 3.63) is 0 Å². The summed E-state index contributed by atoms with van der Waals surface area (Å²) in [5.41, 5.74) is 0. The summed E-state index contributed by atoms with van der Waals surface area (Å²) in [7, 11) is 4.29. The standard InChI is InChI=1S/C29H58N2O3/c1-4-5-6-7-10-16-21-28-34-29(33)22-17-12-11-14-19-24-31(26-25-30(2)3)23-18-13-8-9-15-20-27-32/h27H,4-26,28H2,1-3H3. The molecule has 202 valence electrons. The number of esters is 1. The molecule has 5 nitrogen and oxygen atoms in total. The minimum Gasteiger partial charge on any atom is -0.466 e. The van der Waals surface area contributed by atoms with E-state index in [2.05, 4.69) is 30.8 Å². The van der Waals surface area contributed by atoms with Crippen LogP contribution < -0.4 is 0 Å². The van der Waals surface area contributed by atoms with Crippen molar-refractivity contribution in [2.75, 3.05) is 46.9 Å². The van der Waals surface area contributed by atoms with Crippen LogP contribution in [-0.4, -0.2) is 68.9 Å². The maximum Gasteiger partial charge on any atom is 0.305 e. The molecule has 0 rings (SSSR count). The van der Waals surface area contributed by atoms with E-state index < -0.39 is 0 Å². The van der Waals surface area contributed by atoms with Gasteiger partial charge in [-0.15, -0.1) is 0 Å². The average molecular weight is 483 g/mol. The van der Waals surface area contributed by atoms with E-state index in [-0.39, 0.29) is 5.97 Å². The number of hydrogen-bond acceptors (Lipinski definition) is 5. The topological polar surface area (TPSA) is 49.9 Å². The molecule has 0 amide bonds. The number of ether oxygens (including phenoxy) is 1. The van der Waals surface area contributed by atoms with Gasteiger partial charge in [-0.3, -0.25) is 4.79 Å². The number of aldehydes is 1. The predicted octanol–water partition coefficient (Wildman–Crippen LogP) is 7.02. The Kier molecular flexibility index (Phi) is 25.9. The first kappa shape index (κ1) is 33.1. The minimum atomic E-state index is -0.00741. The first-order chi connectivity index (χ1) is 16.6. The Bertz CT molecular complexity index is 443. The van der Waals surface area contributed by atoms with Gasteiger partial charge in [0.15, 0.2) is 0 Å². The van der Waals surface area contributed by atoms with E-state index in [0.29, 0.717) is 13.0 Å². The lowest BCUT2D eigenvalue weighted by Gasteiger charge is -2.24. The zero-order valence-electron chi connectivity index (χ0n) is 23.2. The Morgan fingerprint density at radius 3 is 1.76 bits per heavy atom. The maximum absolute atomic E-state index is 11.9. The summed E-state index contributed by atoms with van der Waals surface area (Å²) in [5.74, 6) is -0.00741. The van der Waals surface area contributed by atoms with Gasteiger partial charge in [0, 0.05) is 25.9 Å². The van der Waals surface area contributed by atoms with E-state index in [1.54, 1.807) is 0 Å². The molecular weight excluding hydrogens is 424 g/mol. The largest absolute Gasteiger partial charge is 0.466 e. The maximum atomic E-state index is 11.9. The molecule has 0 radical (unpaired) electrons. The van der Waals surface area contributed by atoms with Crippen molar-refractivity contribution in [3.8, 4) is 0 Å². The monoisotopic (exact) mass is 482 g/mol. The van der Waals surface area contributed by atoms with Gasteiger partial charge in [0.2, 0.25) is 0 Å². The molecule has 0 aromatic carbocycles. The quantitative estimate of drug-likeness (QED) is 0.0715. The van der Waals surface area contributed by atoms with Crippen LogP contribution >= 0.6 is 0 Å². The molecule has 0 spiro atoms. The molecule has 0 unspecified atom stereocenters. The van der Waals surface area contributed by atoms with Gasteiger partial charge in [-0.05, 0) is 59.3 Å². The van der Waals surface area contributed by atoms with Crippen LogP contribution in [0.1, 0.15) is 129 Å². The van der Waals surface area contributed by atoms with E-state index >= 15 is 0 Å². The molecule has 0 saturated heterocycles. The van der Waals surface area contributed by atoms with Crippen LogP contribution in [0.25, 0.3) is 0 Å². The lowest BCUT2D eigenvalue weighted by molar-refractivity contribution is -0.143. The second kappa shape index (κ2) is 26.7. The second-order valence-electron chi connectivity index (χ2n) is 10.2. The van der Waals surface area contributed by atoms with Crippen LogP contribution in [0.15, 0.2) is 0 Å². The number of rotatable bonds is 27. The van der Waals surface area contributed by atoms with Gasteiger partial charge < -0.3 is 19.3 Å². The molecule has 0 heterocycles. The molecule has 0 N–H and O–H groups in total.